The number of carbonyl (C=O) groups excluding carboxylic acids is 4. The molecule has 636 valence electrons. The maximum absolute atomic E-state index is 13.2. The molecule has 0 fully saturated rings. The fourth-order valence-corrected chi connectivity index (χ4v) is 15.2. The Labute approximate surface area is 658 Å². The van der Waals surface area contributed by atoms with E-state index < -0.39 is 97.5 Å². The predicted octanol–water partition coefficient (Wildman–Crippen LogP) is 26.7. The Morgan fingerprint density at radius 1 is 0.262 bits per heavy atom. The van der Waals surface area contributed by atoms with E-state index in [9.17, 15) is 43.2 Å². The van der Waals surface area contributed by atoms with Gasteiger partial charge in [0.15, 0.2) is 12.2 Å². The largest absolute Gasteiger partial charge is 0.472 e. The molecule has 19 heteroatoms. The van der Waals surface area contributed by atoms with E-state index in [4.69, 9.17) is 37.0 Å². The van der Waals surface area contributed by atoms with Gasteiger partial charge in [0, 0.05) is 25.7 Å². The van der Waals surface area contributed by atoms with E-state index in [1.54, 1.807) is 0 Å². The normalized spacial score (nSPS) is 14.4. The minimum atomic E-state index is -4.97. The third kappa shape index (κ3) is 79.1. The molecule has 0 rings (SSSR count). The van der Waals surface area contributed by atoms with Crippen LogP contribution in [0.4, 0.5) is 0 Å². The third-order valence-electron chi connectivity index (χ3n) is 21.3. The highest BCUT2D eigenvalue weighted by atomic mass is 31.2. The summed E-state index contributed by atoms with van der Waals surface area (Å²) < 4.78 is 68.9. The van der Waals surface area contributed by atoms with Crippen molar-refractivity contribution in [2.75, 3.05) is 39.6 Å². The molecular formula is C88H172O17P2. The van der Waals surface area contributed by atoms with Crippen molar-refractivity contribution in [3.05, 3.63) is 0 Å². The number of hydrogen-bond acceptors (Lipinski definition) is 15. The molecule has 0 saturated carbocycles. The van der Waals surface area contributed by atoms with Gasteiger partial charge in [-0.15, -0.1) is 0 Å². The molecule has 7 atom stereocenters. The van der Waals surface area contributed by atoms with Gasteiger partial charge in [0.2, 0.25) is 0 Å². The van der Waals surface area contributed by atoms with Gasteiger partial charge in [-0.25, -0.2) is 9.13 Å². The summed E-state index contributed by atoms with van der Waals surface area (Å²) in [4.78, 5) is 73.3. The lowest BCUT2D eigenvalue weighted by atomic mass is 9.99. The molecule has 5 unspecified atom stereocenters. The molecule has 0 amide bonds. The Hall–Kier alpha value is -1.94. The highest BCUT2D eigenvalue weighted by Gasteiger charge is 2.31. The number of phosphoric ester groups is 2. The first-order valence-electron chi connectivity index (χ1n) is 45.3. The molecule has 0 bridgehead atoms. The zero-order chi connectivity index (χ0) is 78.8. The minimum Gasteiger partial charge on any atom is -0.462 e. The third-order valence-corrected chi connectivity index (χ3v) is 23.2. The van der Waals surface area contributed by atoms with Crippen molar-refractivity contribution < 1.29 is 80.2 Å². The SMILES string of the molecule is CCC(C)CCCCCCCCCCCCCCCCC(=O)OC[C@H](COP(=O)(O)OCC(O)COP(=O)(O)OC[C@@H](COC(=O)CCCCCCCCCC(C)C)OC(=O)CCCCCCCCCCCCCCCCC(C)CC)OC(=O)CCCCCCCCCCCCCCCCCCCCC(C)C. The first-order valence-corrected chi connectivity index (χ1v) is 48.3. The van der Waals surface area contributed by atoms with Crippen molar-refractivity contribution in [3.8, 4) is 0 Å². The van der Waals surface area contributed by atoms with Crippen LogP contribution in [0, 0.1) is 23.7 Å². The molecule has 0 aromatic carbocycles. The van der Waals surface area contributed by atoms with E-state index in [0.29, 0.717) is 31.6 Å². The Morgan fingerprint density at radius 3 is 0.664 bits per heavy atom. The molecule has 0 aliphatic carbocycles. The van der Waals surface area contributed by atoms with Gasteiger partial charge in [0.25, 0.3) is 0 Å². The lowest BCUT2D eigenvalue weighted by molar-refractivity contribution is -0.161. The molecule has 0 aromatic rings. The van der Waals surface area contributed by atoms with Crippen molar-refractivity contribution in [3.63, 3.8) is 0 Å². The van der Waals surface area contributed by atoms with E-state index in [1.807, 2.05) is 0 Å². The van der Waals surface area contributed by atoms with Crippen LogP contribution in [0.15, 0.2) is 0 Å². The Balaban J connectivity index is 5.23. The van der Waals surface area contributed by atoms with Crippen molar-refractivity contribution in [1.82, 2.24) is 0 Å². The monoisotopic (exact) mass is 1560 g/mol. The van der Waals surface area contributed by atoms with Crippen molar-refractivity contribution in [2.45, 2.75) is 478 Å². The van der Waals surface area contributed by atoms with Gasteiger partial charge in [0.1, 0.15) is 19.3 Å². The fraction of sp³-hybridized carbons (Fsp3) is 0.955. The second-order valence-electron chi connectivity index (χ2n) is 33.1. The van der Waals surface area contributed by atoms with Crippen LogP contribution in [-0.2, 0) is 65.4 Å². The van der Waals surface area contributed by atoms with Crippen LogP contribution in [0.1, 0.15) is 460 Å². The van der Waals surface area contributed by atoms with Gasteiger partial charge in [0.05, 0.1) is 26.4 Å². The number of hydrogen-bond donors (Lipinski definition) is 3. The highest BCUT2D eigenvalue weighted by molar-refractivity contribution is 7.47. The quantitative estimate of drug-likeness (QED) is 0.0222. The fourth-order valence-electron chi connectivity index (χ4n) is 13.6. The lowest BCUT2D eigenvalue weighted by Crippen LogP contribution is -2.30. The van der Waals surface area contributed by atoms with Gasteiger partial charge in [-0.1, -0.05) is 409 Å². The zero-order valence-corrected chi connectivity index (χ0v) is 72.6. The summed E-state index contributed by atoms with van der Waals surface area (Å²) in [5.41, 5.74) is 0. The summed E-state index contributed by atoms with van der Waals surface area (Å²) in [5.74, 6) is 1.12. The molecule has 0 saturated heterocycles. The van der Waals surface area contributed by atoms with E-state index in [0.717, 1.165) is 114 Å². The van der Waals surface area contributed by atoms with Crippen LogP contribution in [0.5, 0.6) is 0 Å². The number of aliphatic hydroxyl groups is 1. The van der Waals surface area contributed by atoms with Gasteiger partial charge in [-0.05, 0) is 49.4 Å². The van der Waals surface area contributed by atoms with Gasteiger partial charge in [-0.2, -0.15) is 0 Å². The summed E-state index contributed by atoms with van der Waals surface area (Å²) in [7, 11) is -9.93. The molecule has 0 heterocycles. The lowest BCUT2D eigenvalue weighted by Gasteiger charge is -2.21. The maximum atomic E-state index is 13.2. The topological polar surface area (TPSA) is 237 Å². The van der Waals surface area contributed by atoms with Crippen molar-refractivity contribution in [1.29, 1.82) is 0 Å². The zero-order valence-electron chi connectivity index (χ0n) is 70.8. The molecule has 0 aromatic heterocycles. The number of esters is 4. The van der Waals surface area contributed by atoms with E-state index in [1.165, 1.54) is 257 Å². The summed E-state index contributed by atoms with van der Waals surface area (Å²) >= 11 is 0. The van der Waals surface area contributed by atoms with Crippen LogP contribution < -0.4 is 0 Å². The van der Waals surface area contributed by atoms with Crippen LogP contribution in [0.25, 0.3) is 0 Å². The smallest absolute Gasteiger partial charge is 0.462 e. The van der Waals surface area contributed by atoms with Crippen LogP contribution in [0.3, 0.4) is 0 Å². The van der Waals surface area contributed by atoms with E-state index in [2.05, 4.69) is 55.4 Å². The molecule has 107 heavy (non-hydrogen) atoms. The Morgan fingerprint density at radius 2 is 0.449 bits per heavy atom. The number of rotatable bonds is 85. The van der Waals surface area contributed by atoms with Gasteiger partial charge >= 0.3 is 39.5 Å². The van der Waals surface area contributed by atoms with Crippen LogP contribution >= 0.6 is 15.6 Å². The molecule has 0 spiro atoms. The number of aliphatic hydroxyl groups excluding tert-OH is 1. The van der Waals surface area contributed by atoms with Crippen molar-refractivity contribution in [2.24, 2.45) is 23.7 Å². The first-order chi connectivity index (χ1) is 51.7. The molecule has 0 aliphatic heterocycles. The summed E-state index contributed by atoms with van der Waals surface area (Å²) in [5, 5.41) is 10.7. The minimum absolute atomic E-state index is 0.107. The number of unbranched alkanes of at least 4 members (excludes halogenated alkanes) is 49. The molecule has 0 radical (unpaired) electrons. The molecular weight excluding hydrogens is 1390 g/mol. The van der Waals surface area contributed by atoms with Crippen molar-refractivity contribution >= 4 is 39.5 Å². The summed E-state index contributed by atoms with van der Waals surface area (Å²) in [6.07, 6.45) is 66.6. The average molecular weight is 1560 g/mol. The number of carbonyl (C=O) groups is 4. The van der Waals surface area contributed by atoms with Gasteiger partial charge in [-0.3, -0.25) is 37.3 Å². The summed E-state index contributed by atoms with van der Waals surface area (Å²) in [6, 6.07) is 0. The van der Waals surface area contributed by atoms with E-state index in [-0.39, 0.29) is 25.7 Å². The first kappa shape index (κ1) is 105. The predicted molar refractivity (Wildman–Crippen MR) is 441 cm³/mol. The van der Waals surface area contributed by atoms with E-state index >= 15 is 0 Å². The summed E-state index contributed by atoms with van der Waals surface area (Å²) in [6.45, 7) is 14.4. The number of ether oxygens (including phenoxy) is 4. The molecule has 17 nitrogen and oxygen atoms in total. The average Bonchev–Trinajstić information content (AvgIpc) is 0.900. The Kier molecular flexibility index (Phi) is 75.3. The second-order valence-corrected chi connectivity index (χ2v) is 36.0. The molecule has 3 N–H and O–H groups in total. The van der Waals surface area contributed by atoms with Crippen LogP contribution in [-0.4, -0.2) is 96.7 Å². The van der Waals surface area contributed by atoms with Crippen LogP contribution in [0.2, 0.25) is 0 Å². The standard InChI is InChI=1S/C88H172O17P2/c1-9-80(7)66-58-50-42-34-28-22-17-19-24-30-36-44-52-60-68-85(90)98-74-83(104-87(92)70-62-54-45-37-31-25-16-14-12-11-13-15-21-27-33-40-48-56-64-78(3)4)76-102-106(94,95)100-72-82(89)73-101-107(96,97)103-77-84(75-99-86(91)69-61-53-47-39-41-49-57-65-79(5)6)105-88(93)71-63-55-46-38-32-26-20-18-23-29-35-43-51-59-67-81(8)10-2/h78-84,89H,9-77H2,1-8H3,(H,94,95)(H,96,97)/t80?,81?,82?,83-,84-/m1/s1. The maximum Gasteiger partial charge on any atom is 0.472 e. The molecule has 0 aliphatic rings. The second kappa shape index (κ2) is 76.7. The highest BCUT2D eigenvalue weighted by Crippen LogP contribution is 2.45. The Bertz CT molecular complexity index is 2080. The van der Waals surface area contributed by atoms with Gasteiger partial charge < -0.3 is 33.8 Å². The number of phosphoric acid groups is 2.